The minimum Gasteiger partial charge on any atom is -0.497 e. The molecule has 0 bridgehead atoms. The van der Waals surface area contributed by atoms with Crippen LogP contribution in [0.4, 0.5) is 13.2 Å². The normalized spacial score (nSPS) is 11.4. The van der Waals surface area contributed by atoms with Crippen LogP contribution in [0.1, 0.15) is 28.7 Å². The summed E-state index contributed by atoms with van der Waals surface area (Å²) in [5.41, 5.74) is -1.22. The summed E-state index contributed by atoms with van der Waals surface area (Å²) < 4.78 is 50.0. The van der Waals surface area contributed by atoms with E-state index in [0.717, 1.165) is 5.56 Å². The number of halogens is 3. The quantitative estimate of drug-likeness (QED) is 0.755. The van der Waals surface area contributed by atoms with Crippen molar-refractivity contribution in [1.29, 1.82) is 0 Å². The Labute approximate surface area is 136 Å². The van der Waals surface area contributed by atoms with Gasteiger partial charge in [-0.15, -0.1) is 5.10 Å². The average Bonchev–Trinajstić information content (AvgIpc) is 2.98. The van der Waals surface area contributed by atoms with Crippen LogP contribution in [-0.4, -0.2) is 34.7 Å². The molecule has 0 atom stereocenters. The maximum atomic E-state index is 13.2. The largest absolute Gasteiger partial charge is 0.497 e. The summed E-state index contributed by atoms with van der Waals surface area (Å²) in [5, 5.41) is 6.80. The molecule has 0 amide bonds. The van der Waals surface area contributed by atoms with E-state index < -0.39 is 23.5 Å². The molecule has 0 spiro atoms. The zero-order valence-corrected chi connectivity index (χ0v) is 13.1. The van der Waals surface area contributed by atoms with Gasteiger partial charge in [0.05, 0.1) is 13.7 Å². The first-order valence-electron chi connectivity index (χ1n) is 7.17. The van der Waals surface area contributed by atoms with E-state index in [0.29, 0.717) is 16.9 Å². The van der Waals surface area contributed by atoms with Gasteiger partial charge in [0.2, 0.25) is 5.69 Å². The molecule has 0 aliphatic rings. The van der Waals surface area contributed by atoms with Crippen molar-refractivity contribution in [3.05, 3.63) is 41.2 Å². The Balaban J connectivity index is 2.21. The number of alkyl halides is 3. The highest BCUT2D eigenvalue weighted by Crippen LogP contribution is 2.31. The molecule has 24 heavy (non-hydrogen) atoms. The van der Waals surface area contributed by atoms with E-state index in [9.17, 15) is 18.0 Å². The van der Waals surface area contributed by atoms with E-state index in [2.05, 4.69) is 15.0 Å². The predicted molar refractivity (Wildman–Crippen MR) is 77.7 cm³/mol. The van der Waals surface area contributed by atoms with Crippen LogP contribution in [0, 0.1) is 0 Å². The van der Waals surface area contributed by atoms with Crippen LogP contribution >= 0.6 is 0 Å². The smallest absolute Gasteiger partial charge is 0.435 e. The van der Waals surface area contributed by atoms with Gasteiger partial charge in [-0.25, -0.2) is 9.48 Å². The van der Waals surface area contributed by atoms with Gasteiger partial charge in [-0.3, -0.25) is 0 Å². The monoisotopic (exact) mass is 343 g/mol. The lowest BCUT2D eigenvalue weighted by molar-refractivity contribution is -0.144. The van der Waals surface area contributed by atoms with Gasteiger partial charge in [-0.2, -0.15) is 13.2 Å². The van der Waals surface area contributed by atoms with Crippen LogP contribution in [0.2, 0.25) is 0 Å². The molecule has 0 aliphatic heterocycles. The number of methoxy groups -OCH3 is 1. The third-order valence-electron chi connectivity index (χ3n) is 3.24. The molecule has 6 nitrogen and oxygen atoms in total. The number of carbonyl (C=O) groups is 1. The van der Waals surface area contributed by atoms with Gasteiger partial charge < -0.3 is 9.47 Å². The molecule has 9 heteroatoms. The van der Waals surface area contributed by atoms with E-state index in [-0.39, 0.29) is 13.2 Å². The first kappa shape index (κ1) is 17.8. The highest BCUT2D eigenvalue weighted by atomic mass is 19.4. The van der Waals surface area contributed by atoms with Crippen LogP contribution in [0.15, 0.2) is 24.3 Å². The summed E-state index contributed by atoms with van der Waals surface area (Å²) in [6, 6.07) is 6.92. The second-order valence-electron chi connectivity index (χ2n) is 4.83. The van der Waals surface area contributed by atoms with Crippen LogP contribution in [0.5, 0.6) is 5.75 Å². The van der Waals surface area contributed by atoms with Gasteiger partial charge in [0.1, 0.15) is 5.75 Å². The van der Waals surface area contributed by atoms with Crippen molar-refractivity contribution >= 4 is 5.97 Å². The molecule has 0 saturated heterocycles. The minimum absolute atomic E-state index is 0.0468. The van der Waals surface area contributed by atoms with Gasteiger partial charge in [0.15, 0.2) is 5.69 Å². The molecular weight excluding hydrogens is 327 g/mol. The Morgan fingerprint density at radius 3 is 2.46 bits per heavy atom. The molecule has 0 saturated carbocycles. The molecule has 0 aliphatic carbocycles. The van der Waals surface area contributed by atoms with Gasteiger partial charge in [0.25, 0.3) is 0 Å². The van der Waals surface area contributed by atoms with Gasteiger partial charge in [-0.1, -0.05) is 17.3 Å². The molecule has 0 fully saturated rings. The van der Waals surface area contributed by atoms with Crippen molar-refractivity contribution in [3.63, 3.8) is 0 Å². The first-order valence-corrected chi connectivity index (χ1v) is 7.17. The molecular formula is C15H16F3N3O3. The summed E-state index contributed by atoms with van der Waals surface area (Å²) in [7, 11) is 1.52. The van der Waals surface area contributed by atoms with E-state index in [1.165, 1.54) is 14.0 Å². The second-order valence-corrected chi connectivity index (χ2v) is 4.83. The molecule has 1 aromatic carbocycles. The third-order valence-corrected chi connectivity index (χ3v) is 3.24. The fraction of sp³-hybridized carbons (Fsp3) is 0.400. The summed E-state index contributed by atoms with van der Waals surface area (Å²) >= 11 is 0. The van der Waals surface area contributed by atoms with Crippen molar-refractivity contribution in [2.45, 2.75) is 26.1 Å². The van der Waals surface area contributed by atoms with Gasteiger partial charge >= 0.3 is 12.1 Å². The Morgan fingerprint density at radius 1 is 1.25 bits per heavy atom. The van der Waals surface area contributed by atoms with Crippen molar-refractivity contribution in [2.75, 3.05) is 13.7 Å². The van der Waals surface area contributed by atoms with Crippen LogP contribution < -0.4 is 4.74 Å². The highest BCUT2D eigenvalue weighted by molar-refractivity contribution is 5.88. The van der Waals surface area contributed by atoms with Gasteiger partial charge in [0, 0.05) is 6.54 Å². The summed E-state index contributed by atoms with van der Waals surface area (Å²) in [5.74, 6) is -0.486. The second kappa shape index (κ2) is 7.33. The Bertz CT molecular complexity index is 696. The molecule has 0 unspecified atom stereocenters. The summed E-state index contributed by atoms with van der Waals surface area (Å²) in [6.45, 7) is 1.38. The lowest BCUT2D eigenvalue weighted by Crippen LogP contribution is -2.20. The number of hydrogen-bond donors (Lipinski definition) is 0. The molecule has 1 heterocycles. The van der Waals surface area contributed by atoms with Crippen molar-refractivity contribution < 1.29 is 27.4 Å². The molecule has 2 aromatic rings. The number of carbonyl (C=O) groups excluding carboxylic acids is 1. The van der Waals surface area contributed by atoms with Crippen LogP contribution in [0.3, 0.4) is 0 Å². The van der Waals surface area contributed by atoms with E-state index in [1.807, 2.05) is 0 Å². The molecule has 0 radical (unpaired) electrons. The van der Waals surface area contributed by atoms with Crippen LogP contribution in [-0.2, 0) is 23.9 Å². The number of rotatable bonds is 6. The zero-order chi connectivity index (χ0) is 17.7. The van der Waals surface area contributed by atoms with E-state index in [1.54, 1.807) is 24.3 Å². The number of ether oxygens (including phenoxy) is 2. The predicted octanol–water partition coefficient (Wildman–Crippen LogP) is 2.72. The van der Waals surface area contributed by atoms with Gasteiger partial charge in [-0.05, 0) is 31.0 Å². The number of aromatic nitrogens is 3. The molecule has 0 N–H and O–H groups in total. The first-order chi connectivity index (χ1) is 11.4. The number of benzene rings is 1. The SMILES string of the molecule is CCOC(=O)c1nnn(CCc2ccc(OC)cc2)c1C(F)(F)F. The molecule has 1 aromatic heterocycles. The molecule has 130 valence electrons. The third kappa shape index (κ3) is 4.03. The highest BCUT2D eigenvalue weighted by Gasteiger charge is 2.41. The number of nitrogens with zero attached hydrogens (tertiary/aromatic N) is 3. The fourth-order valence-electron chi connectivity index (χ4n) is 2.11. The Morgan fingerprint density at radius 2 is 1.92 bits per heavy atom. The Hall–Kier alpha value is -2.58. The number of hydrogen-bond acceptors (Lipinski definition) is 5. The topological polar surface area (TPSA) is 66.2 Å². The Kier molecular flexibility index (Phi) is 5.42. The van der Waals surface area contributed by atoms with E-state index in [4.69, 9.17) is 4.74 Å². The number of aryl methyl sites for hydroxylation is 2. The standard InChI is InChI=1S/C15H16F3N3O3/c1-3-24-14(22)12-13(15(16,17)18)21(20-19-12)9-8-10-4-6-11(23-2)7-5-10/h4-7H,3,8-9H2,1-2H3. The summed E-state index contributed by atoms with van der Waals surface area (Å²) in [4.78, 5) is 11.6. The zero-order valence-electron chi connectivity index (χ0n) is 13.1. The fourth-order valence-corrected chi connectivity index (χ4v) is 2.11. The lowest BCUT2D eigenvalue weighted by atomic mass is 10.1. The minimum atomic E-state index is -4.76. The maximum absolute atomic E-state index is 13.2. The number of esters is 1. The lowest BCUT2D eigenvalue weighted by Gasteiger charge is -2.11. The average molecular weight is 343 g/mol. The molecule has 2 rings (SSSR count). The van der Waals surface area contributed by atoms with E-state index >= 15 is 0 Å². The summed E-state index contributed by atoms with van der Waals surface area (Å²) in [6.07, 6.45) is -4.47. The van der Waals surface area contributed by atoms with Crippen LogP contribution in [0.25, 0.3) is 0 Å². The van der Waals surface area contributed by atoms with Crippen molar-refractivity contribution in [2.24, 2.45) is 0 Å². The van der Waals surface area contributed by atoms with Crippen molar-refractivity contribution in [3.8, 4) is 5.75 Å². The maximum Gasteiger partial charge on any atom is 0.435 e. The van der Waals surface area contributed by atoms with Crippen molar-refractivity contribution in [1.82, 2.24) is 15.0 Å².